The van der Waals surface area contributed by atoms with E-state index < -0.39 is 18.1 Å². The number of anilines is 2. The van der Waals surface area contributed by atoms with Gasteiger partial charge >= 0.3 is 24.0 Å². The van der Waals surface area contributed by atoms with Crippen LogP contribution in [0.4, 0.5) is 24.7 Å². The first-order valence-electron chi connectivity index (χ1n) is 15.4. The first-order chi connectivity index (χ1) is 23.0. The number of piperidine rings is 2. The van der Waals surface area contributed by atoms with E-state index >= 15 is 0 Å². The highest BCUT2D eigenvalue weighted by Gasteiger charge is 2.40. The van der Waals surface area contributed by atoms with Crippen LogP contribution in [0.15, 0.2) is 60.9 Å². The Morgan fingerprint density at radius 2 is 1.54 bits per heavy atom. The van der Waals surface area contributed by atoms with Gasteiger partial charge in [0.2, 0.25) is 5.88 Å². The highest BCUT2D eigenvalue weighted by molar-refractivity contribution is 6.09. The number of esters is 1. The molecule has 1 amide bonds. The van der Waals surface area contributed by atoms with Gasteiger partial charge in [0, 0.05) is 24.2 Å². The van der Waals surface area contributed by atoms with E-state index in [1.807, 2.05) is 5.32 Å². The average molecular weight is 672 g/mol. The number of ether oxygens (including phenoxy) is 2. The fourth-order valence-corrected chi connectivity index (χ4v) is 5.17. The van der Waals surface area contributed by atoms with Gasteiger partial charge in [0.25, 0.3) is 0 Å². The number of aromatic nitrogens is 2. The summed E-state index contributed by atoms with van der Waals surface area (Å²) in [5.41, 5.74) is 0.515. The van der Waals surface area contributed by atoms with Crippen molar-refractivity contribution >= 4 is 35.1 Å². The van der Waals surface area contributed by atoms with E-state index in [-0.39, 0.29) is 66.4 Å². The minimum absolute atomic E-state index is 0.0239. The summed E-state index contributed by atoms with van der Waals surface area (Å²) in [6.45, 7) is 4.24. The van der Waals surface area contributed by atoms with Crippen LogP contribution in [-0.2, 0) is 19.1 Å². The Bertz CT molecular complexity index is 1560. The van der Waals surface area contributed by atoms with Crippen LogP contribution in [0.2, 0.25) is 0 Å². The molecule has 0 spiro atoms. The summed E-state index contributed by atoms with van der Waals surface area (Å²) in [6.07, 6.45) is -1.70. The van der Waals surface area contributed by atoms with Gasteiger partial charge in [-0.25, -0.2) is 4.98 Å². The second kappa shape index (κ2) is 16.7. The first-order valence-corrected chi connectivity index (χ1v) is 15.4. The molecule has 2 saturated heterocycles. The molecule has 3 aromatic rings. The van der Waals surface area contributed by atoms with E-state index in [2.05, 4.69) is 15.3 Å². The maximum atomic E-state index is 13.1. The SMILES string of the molecule is CCOC(=O)C1CCN(c2ncnc(Oc3ccc(C(=O)c4ccccc4)cc3)c2NC(=O)C(F)(F)F)CC1.O=C(O)C1CCNCC1. The average Bonchev–Trinajstić information content (AvgIpc) is 3.10. The standard InChI is InChI=1S/C27H25F3N4O5.C6H11NO2/c1-2-38-25(36)19-12-14-34(15-13-19)23-21(33-26(37)27(28,29)30)24(32-16-31-23)39-20-10-8-18(9-11-20)22(35)17-6-4-3-5-7-17;8-6(9)5-1-3-7-4-2-5/h3-11,16,19H,2,12-15H2,1H3,(H,33,37);5,7H,1-4H2,(H,8,9). The van der Waals surface area contributed by atoms with Crippen LogP contribution in [0.3, 0.4) is 0 Å². The lowest BCUT2D eigenvalue weighted by Gasteiger charge is -2.32. The summed E-state index contributed by atoms with van der Waals surface area (Å²) in [5.74, 6) is -3.95. The van der Waals surface area contributed by atoms with Crippen molar-refractivity contribution in [1.82, 2.24) is 15.3 Å². The third-order valence-corrected chi connectivity index (χ3v) is 7.76. The van der Waals surface area contributed by atoms with Crippen LogP contribution < -0.4 is 20.3 Å². The van der Waals surface area contributed by atoms with Crippen LogP contribution >= 0.6 is 0 Å². The zero-order valence-electron chi connectivity index (χ0n) is 26.2. The molecular weight excluding hydrogens is 635 g/mol. The molecule has 15 heteroatoms. The van der Waals surface area contributed by atoms with Crippen LogP contribution in [0.5, 0.6) is 11.6 Å². The highest BCUT2D eigenvalue weighted by Crippen LogP contribution is 2.37. The molecule has 2 aliphatic heterocycles. The van der Waals surface area contributed by atoms with Gasteiger partial charge in [-0.15, -0.1) is 0 Å². The van der Waals surface area contributed by atoms with Crippen molar-refractivity contribution in [3.63, 3.8) is 0 Å². The Balaban J connectivity index is 0.000000500. The minimum atomic E-state index is -5.17. The number of hydrogen-bond acceptors (Lipinski definition) is 10. The Morgan fingerprint density at radius 1 is 0.917 bits per heavy atom. The van der Waals surface area contributed by atoms with Crippen molar-refractivity contribution in [2.75, 3.05) is 43.0 Å². The van der Waals surface area contributed by atoms with Gasteiger partial charge in [-0.05, 0) is 70.0 Å². The number of amides is 1. The summed E-state index contributed by atoms with van der Waals surface area (Å²) in [5, 5.41) is 13.5. The minimum Gasteiger partial charge on any atom is -0.481 e. The number of hydrogen-bond donors (Lipinski definition) is 3. The van der Waals surface area contributed by atoms with E-state index in [4.69, 9.17) is 14.6 Å². The molecule has 0 atom stereocenters. The maximum Gasteiger partial charge on any atom is 0.471 e. The number of benzene rings is 2. The molecule has 48 heavy (non-hydrogen) atoms. The predicted molar refractivity (Wildman–Crippen MR) is 168 cm³/mol. The summed E-state index contributed by atoms with van der Waals surface area (Å²) in [6, 6.07) is 14.6. The van der Waals surface area contributed by atoms with Crippen LogP contribution in [0.1, 0.15) is 48.5 Å². The molecule has 256 valence electrons. The number of ketones is 1. The van der Waals surface area contributed by atoms with Gasteiger partial charge in [0.15, 0.2) is 11.6 Å². The molecule has 1 aromatic heterocycles. The molecule has 2 fully saturated rings. The van der Waals surface area contributed by atoms with Crippen LogP contribution in [-0.4, -0.2) is 77.7 Å². The molecule has 0 radical (unpaired) electrons. The monoisotopic (exact) mass is 671 g/mol. The molecule has 2 aromatic carbocycles. The number of carbonyl (C=O) groups is 4. The molecule has 0 unspecified atom stereocenters. The molecular formula is C33H36F3N5O7. The van der Waals surface area contributed by atoms with Crippen LogP contribution in [0.25, 0.3) is 0 Å². The number of aliphatic carboxylic acids is 1. The topological polar surface area (TPSA) is 160 Å². The van der Waals surface area contributed by atoms with E-state index in [0.717, 1.165) is 32.3 Å². The summed E-state index contributed by atoms with van der Waals surface area (Å²) in [4.78, 5) is 56.7. The normalized spacial score (nSPS) is 15.5. The molecule has 0 aliphatic carbocycles. The second-order valence-corrected chi connectivity index (χ2v) is 11.0. The zero-order chi connectivity index (χ0) is 34.7. The lowest BCUT2D eigenvalue weighted by Crippen LogP contribution is -2.38. The smallest absolute Gasteiger partial charge is 0.471 e. The van der Waals surface area contributed by atoms with Crippen LogP contribution in [0, 0.1) is 11.8 Å². The summed E-state index contributed by atoms with van der Waals surface area (Å²) < 4.78 is 50.3. The van der Waals surface area contributed by atoms with Gasteiger partial charge in [0.1, 0.15) is 17.8 Å². The quantitative estimate of drug-likeness (QED) is 0.211. The maximum absolute atomic E-state index is 13.1. The second-order valence-electron chi connectivity index (χ2n) is 11.0. The first kappa shape index (κ1) is 35.8. The van der Waals surface area contributed by atoms with Crippen molar-refractivity contribution in [2.24, 2.45) is 11.8 Å². The van der Waals surface area contributed by atoms with E-state index in [1.165, 1.54) is 24.3 Å². The number of carboxylic acid groups (broad SMARTS) is 1. The fraction of sp³-hybridized carbons (Fsp3) is 0.394. The third-order valence-electron chi connectivity index (χ3n) is 7.76. The Morgan fingerprint density at radius 3 is 2.10 bits per heavy atom. The van der Waals surface area contributed by atoms with Crippen molar-refractivity contribution in [1.29, 1.82) is 0 Å². The van der Waals surface area contributed by atoms with Gasteiger partial charge in [-0.1, -0.05) is 30.3 Å². The predicted octanol–water partition coefficient (Wildman–Crippen LogP) is 4.85. The Hall–Kier alpha value is -5.05. The van der Waals surface area contributed by atoms with Gasteiger partial charge < -0.3 is 30.1 Å². The molecule has 0 bridgehead atoms. The van der Waals surface area contributed by atoms with Crippen molar-refractivity contribution in [3.8, 4) is 11.6 Å². The summed E-state index contributed by atoms with van der Waals surface area (Å²) >= 11 is 0. The largest absolute Gasteiger partial charge is 0.481 e. The Labute approximate surface area is 274 Å². The summed E-state index contributed by atoms with van der Waals surface area (Å²) in [7, 11) is 0. The van der Waals surface area contributed by atoms with E-state index in [9.17, 15) is 32.3 Å². The van der Waals surface area contributed by atoms with Gasteiger partial charge in [-0.2, -0.15) is 18.2 Å². The van der Waals surface area contributed by atoms with E-state index in [1.54, 1.807) is 42.2 Å². The zero-order valence-corrected chi connectivity index (χ0v) is 26.2. The molecule has 0 saturated carbocycles. The Kier molecular flexibility index (Phi) is 12.4. The number of rotatable bonds is 9. The lowest BCUT2D eigenvalue weighted by atomic mass is 9.97. The molecule has 12 nitrogen and oxygen atoms in total. The number of carboxylic acids is 1. The van der Waals surface area contributed by atoms with E-state index in [0.29, 0.717) is 24.0 Å². The lowest BCUT2D eigenvalue weighted by molar-refractivity contribution is -0.167. The molecule has 3 N–H and O–H groups in total. The third kappa shape index (κ3) is 9.73. The van der Waals surface area contributed by atoms with Gasteiger partial charge in [0.05, 0.1) is 18.4 Å². The van der Waals surface area contributed by atoms with Crippen molar-refractivity contribution in [3.05, 3.63) is 72.1 Å². The van der Waals surface area contributed by atoms with Gasteiger partial charge in [-0.3, -0.25) is 19.2 Å². The number of carbonyl (C=O) groups excluding carboxylic acids is 3. The van der Waals surface area contributed by atoms with Crippen molar-refractivity contribution < 1.29 is 46.9 Å². The number of nitrogens with zero attached hydrogens (tertiary/aromatic N) is 3. The molecule has 2 aliphatic rings. The number of nitrogens with one attached hydrogen (secondary N) is 2. The number of halogens is 3. The molecule has 5 rings (SSSR count). The van der Waals surface area contributed by atoms with Crippen molar-refractivity contribution in [2.45, 2.75) is 38.8 Å². The number of alkyl halides is 3. The highest BCUT2D eigenvalue weighted by atomic mass is 19.4. The fourth-order valence-electron chi connectivity index (χ4n) is 5.17. The molecule has 3 heterocycles.